The third-order valence-corrected chi connectivity index (χ3v) is 6.68. The molecule has 0 spiro atoms. The zero-order valence-corrected chi connectivity index (χ0v) is 21.2. The molecule has 7 heteroatoms. The Morgan fingerprint density at radius 1 is 1.00 bits per heavy atom. The summed E-state index contributed by atoms with van der Waals surface area (Å²) < 4.78 is 17.4. The van der Waals surface area contributed by atoms with Gasteiger partial charge in [0, 0.05) is 22.2 Å². The lowest BCUT2D eigenvalue weighted by Crippen LogP contribution is -2.21. The van der Waals surface area contributed by atoms with Crippen LogP contribution < -0.4 is 19.9 Å². The van der Waals surface area contributed by atoms with Gasteiger partial charge in [0.2, 0.25) is 5.88 Å². The average Bonchev–Trinajstić information content (AvgIpc) is 2.92. The number of benzene rings is 4. The summed E-state index contributed by atoms with van der Waals surface area (Å²) in [5.41, 5.74) is 10.1. The first kappa shape index (κ1) is 24.9. The topological polar surface area (TPSA) is 94.6 Å². The van der Waals surface area contributed by atoms with Gasteiger partial charge in [0.1, 0.15) is 35.5 Å². The molecule has 0 aromatic heterocycles. The lowest BCUT2D eigenvalue weighted by Gasteiger charge is -2.27. The molecule has 1 aliphatic heterocycles. The maximum absolute atomic E-state index is 12.7. The molecule has 4 aromatic rings. The Morgan fingerprint density at radius 2 is 1.79 bits per heavy atom. The normalized spacial score (nSPS) is 14.2. The monoisotopic (exact) mass is 522 g/mol. The second kappa shape index (κ2) is 10.7. The molecule has 188 valence electrons. The van der Waals surface area contributed by atoms with Gasteiger partial charge in [0.15, 0.2) is 0 Å². The van der Waals surface area contributed by atoms with Crippen molar-refractivity contribution >= 4 is 17.6 Å². The summed E-state index contributed by atoms with van der Waals surface area (Å²) >= 11 is 6.26. The number of halogens is 1. The molecular weight excluding hydrogens is 500 g/mol. The number of nitrogens with two attached hydrogens (primary N) is 1. The van der Waals surface area contributed by atoms with E-state index in [0.717, 1.165) is 22.3 Å². The van der Waals surface area contributed by atoms with E-state index < -0.39 is 11.9 Å². The minimum atomic E-state index is -0.492. The van der Waals surface area contributed by atoms with Crippen LogP contribution in [0.3, 0.4) is 0 Å². The summed E-state index contributed by atoms with van der Waals surface area (Å²) in [4.78, 5) is 12.7. The van der Waals surface area contributed by atoms with Crippen LogP contribution in [-0.2, 0) is 6.61 Å². The number of fused-ring (bicyclic) bond motifs is 1. The van der Waals surface area contributed by atoms with E-state index in [9.17, 15) is 10.1 Å². The molecule has 1 atom stereocenters. The third-order valence-electron chi connectivity index (χ3n) is 6.31. The van der Waals surface area contributed by atoms with Gasteiger partial charge in [-0.2, -0.15) is 5.26 Å². The average molecular weight is 523 g/mol. The number of allylic oxidation sites excluding steroid dienone is 1. The molecule has 38 heavy (non-hydrogen) atoms. The number of esters is 1. The van der Waals surface area contributed by atoms with Gasteiger partial charge in [-0.1, -0.05) is 66.2 Å². The first-order valence-electron chi connectivity index (χ1n) is 11.9. The van der Waals surface area contributed by atoms with Gasteiger partial charge in [-0.05, 0) is 48.4 Å². The van der Waals surface area contributed by atoms with Crippen molar-refractivity contribution in [2.75, 3.05) is 0 Å². The number of nitrogens with zero attached hydrogens (tertiary/aromatic N) is 1. The van der Waals surface area contributed by atoms with Crippen LogP contribution in [0.5, 0.6) is 17.2 Å². The van der Waals surface area contributed by atoms with Crippen molar-refractivity contribution in [3.05, 3.63) is 135 Å². The van der Waals surface area contributed by atoms with Gasteiger partial charge in [-0.15, -0.1) is 0 Å². The van der Waals surface area contributed by atoms with E-state index in [-0.39, 0.29) is 11.5 Å². The Balaban J connectivity index is 1.43. The van der Waals surface area contributed by atoms with Crippen molar-refractivity contribution in [2.45, 2.75) is 19.4 Å². The van der Waals surface area contributed by atoms with Gasteiger partial charge >= 0.3 is 5.97 Å². The van der Waals surface area contributed by atoms with E-state index in [1.54, 1.807) is 30.3 Å². The fourth-order valence-electron chi connectivity index (χ4n) is 4.37. The zero-order valence-electron chi connectivity index (χ0n) is 20.5. The van der Waals surface area contributed by atoms with E-state index in [1.165, 1.54) is 0 Å². The molecule has 0 radical (unpaired) electrons. The van der Waals surface area contributed by atoms with Crippen LogP contribution in [0.25, 0.3) is 0 Å². The van der Waals surface area contributed by atoms with Crippen LogP contribution in [-0.4, -0.2) is 5.97 Å². The number of carbonyl (C=O) groups is 1. The third kappa shape index (κ3) is 5.06. The van der Waals surface area contributed by atoms with Gasteiger partial charge < -0.3 is 19.9 Å². The fraction of sp³-hybridized carbons (Fsp3) is 0.0968. The van der Waals surface area contributed by atoms with Crippen LogP contribution in [0.1, 0.15) is 38.5 Å². The highest BCUT2D eigenvalue weighted by molar-refractivity contribution is 6.31. The summed E-state index contributed by atoms with van der Waals surface area (Å²) in [6.07, 6.45) is 0. The molecule has 0 bridgehead atoms. The van der Waals surface area contributed by atoms with Crippen LogP contribution in [0.2, 0.25) is 5.02 Å². The highest BCUT2D eigenvalue weighted by Crippen LogP contribution is 2.44. The number of carbonyl (C=O) groups excluding carboxylic acids is 1. The summed E-state index contributed by atoms with van der Waals surface area (Å²) in [5.74, 6) is 0.364. The molecule has 0 saturated carbocycles. The standard InChI is InChI=1S/C31H23ClN2O4/c1-19-7-2-4-11-24(19)31(35)37-23-13-14-25-28(16-23)38-30(34)26(17-33)29(25)20-9-6-10-22(15-20)36-18-21-8-3-5-12-27(21)32/h2-16,29H,18,34H2,1H3. The lowest BCUT2D eigenvalue weighted by molar-refractivity contribution is 0.0733. The second-order valence-corrected chi connectivity index (χ2v) is 9.19. The molecule has 0 aliphatic carbocycles. The van der Waals surface area contributed by atoms with E-state index in [2.05, 4.69) is 6.07 Å². The summed E-state index contributed by atoms with van der Waals surface area (Å²) in [6.45, 7) is 2.14. The van der Waals surface area contributed by atoms with Gasteiger partial charge in [0.25, 0.3) is 0 Å². The number of nitriles is 1. The van der Waals surface area contributed by atoms with E-state index in [4.69, 9.17) is 31.5 Å². The molecule has 1 unspecified atom stereocenters. The van der Waals surface area contributed by atoms with E-state index in [1.807, 2.05) is 67.6 Å². The molecule has 4 aromatic carbocycles. The van der Waals surface area contributed by atoms with Gasteiger partial charge in [0.05, 0.1) is 11.5 Å². The van der Waals surface area contributed by atoms with Crippen molar-refractivity contribution in [1.82, 2.24) is 0 Å². The Labute approximate surface area is 225 Å². The molecular formula is C31H23ClN2O4. The predicted octanol–water partition coefficient (Wildman–Crippen LogP) is 6.66. The molecule has 1 heterocycles. The Bertz CT molecular complexity index is 1610. The first-order chi connectivity index (χ1) is 18.4. The van der Waals surface area contributed by atoms with Crippen LogP contribution in [0.4, 0.5) is 0 Å². The minimum Gasteiger partial charge on any atom is -0.489 e. The highest BCUT2D eigenvalue weighted by atomic mass is 35.5. The van der Waals surface area contributed by atoms with Crippen molar-refractivity contribution < 1.29 is 19.0 Å². The first-order valence-corrected chi connectivity index (χ1v) is 12.3. The van der Waals surface area contributed by atoms with Gasteiger partial charge in [-0.3, -0.25) is 0 Å². The Morgan fingerprint density at radius 3 is 2.58 bits per heavy atom. The van der Waals surface area contributed by atoms with E-state index >= 15 is 0 Å². The van der Waals surface area contributed by atoms with Crippen molar-refractivity contribution in [3.8, 4) is 23.3 Å². The quantitative estimate of drug-likeness (QED) is 0.224. The maximum atomic E-state index is 12.7. The number of ether oxygens (including phenoxy) is 3. The van der Waals surface area contributed by atoms with Crippen LogP contribution in [0.15, 0.2) is 102 Å². The SMILES string of the molecule is Cc1ccccc1C(=O)Oc1ccc2c(c1)OC(N)=C(C#N)C2c1cccc(OCc2ccccc2Cl)c1. The highest BCUT2D eigenvalue weighted by Gasteiger charge is 2.31. The van der Waals surface area contributed by atoms with Crippen molar-refractivity contribution in [2.24, 2.45) is 5.73 Å². The molecule has 0 fully saturated rings. The minimum absolute atomic E-state index is 0.00484. The number of hydrogen-bond acceptors (Lipinski definition) is 6. The number of rotatable bonds is 6. The number of hydrogen-bond donors (Lipinski definition) is 1. The summed E-state index contributed by atoms with van der Waals surface area (Å²) in [5, 5.41) is 10.5. The smallest absolute Gasteiger partial charge is 0.343 e. The summed E-state index contributed by atoms with van der Waals surface area (Å²) in [6, 6.07) is 29.4. The molecule has 5 rings (SSSR count). The molecule has 0 saturated heterocycles. The van der Waals surface area contributed by atoms with Crippen molar-refractivity contribution in [1.29, 1.82) is 5.26 Å². The van der Waals surface area contributed by atoms with Crippen molar-refractivity contribution in [3.63, 3.8) is 0 Å². The molecule has 2 N–H and O–H groups in total. The second-order valence-electron chi connectivity index (χ2n) is 8.78. The Kier molecular flexibility index (Phi) is 7.03. The van der Waals surface area contributed by atoms with Crippen LogP contribution >= 0.6 is 11.6 Å². The molecule has 6 nitrogen and oxygen atoms in total. The molecule has 1 aliphatic rings. The maximum Gasteiger partial charge on any atom is 0.343 e. The summed E-state index contributed by atoms with van der Waals surface area (Å²) in [7, 11) is 0. The number of aryl methyl sites for hydroxylation is 1. The van der Waals surface area contributed by atoms with Gasteiger partial charge in [-0.25, -0.2) is 4.79 Å². The fourth-order valence-corrected chi connectivity index (χ4v) is 4.56. The predicted molar refractivity (Wildman–Crippen MR) is 144 cm³/mol. The zero-order chi connectivity index (χ0) is 26.6. The molecule has 0 amide bonds. The largest absolute Gasteiger partial charge is 0.489 e. The van der Waals surface area contributed by atoms with Crippen LogP contribution in [0, 0.1) is 18.3 Å². The lowest BCUT2D eigenvalue weighted by atomic mass is 9.83. The Hall–Kier alpha value is -4.73. The van der Waals surface area contributed by atoms with E-state index in [0.29, 0.717) is 34.4 Å².